The molecule has 1 heterocycles. The number of quaternary nitrogens is 1. The van der Waals surface area contributed by atoms with Crippen LogP contribution < -0.4 is 10.2 Å². The number of anilines is 1. The molecule has 1 atom stereocenters. The highest BCUT2D eigenvalue weighted by atomic mass is 35.5. The average Bonchev–Trinajstić information content (AvgIpc) is 2.84. The molecule has 2 amide bonds. The summed E-state index contributed by atoms with van der Waals surface area (Å²) in [6.07, 6.45) is 0.202. The number of nitrogens with zero attached hydrogens (tertiary/aromatic N) is 1. The van der Waals surface area contributed by atoms with Gasteiger partial charge in [0.15, 0.2) is 6.04 Å². The molecule has 4 nitrogen and oxygen atoms in total. The first-order valence-electron chi connectivity index (χ1n) is 7.66. The van der Waals surface area contributed by atoms with E-state index < -0.39 is 6.04 Å². The van der Waals surface area contributed by atoms with Crippen LogP contribution in [-0.2, 0) is 16.1 Å². The van der Waals surface area contributed by atoms with Crippen LogP contribution in [0, 0.1) is 6.92 Å². The summed E-state index contributed by atoms with van der Waals surface area (Å²) in [5, 5.41) is 2.85. The van der Waals surface area contributed by atoms with Crippen molar-refractivity contribution in [1.29, 1.82) is 0 Å². The Balaban J connectivity index is 1.69. The topological polar surface area (TPSA) is 54.0 Å². The summed E-state index contributed by atoms with van der Waals surface area (Å²) < 4.78 is 0. The summed E-state index contributed by atoms with van der Waals surface area (Å²) in [7, 11) is 0. The van der Waals surface area contributed by atoms with E-state index in [1.165, 1.54) is 4.90 Å². The highest BCUT2D eigenvalue weighted by Gasteiger charge is 2.42. The normalized spacial score (nSPS) is 17.6. The van der Waals surface area contributed by atoms with Gasteiger partial charge in [-0.2, -0.15) is 0 Å². The van der Waals surface area contributed by atoms with Crippen molar-refractivity contribution in [1.82, 2.24) is 0 Å². The fourth-order valence-corrected chi connectivity index (χ4v) is 3.07. The van der Waals surface area contributed by atoms with Gasteiger partial charge >= 0.3 is 0 Å². The molecule has 0 saturated carbocycles. The smallest absolute Gasteiger partial charge is 0.292 e. The highest BCUT2D eigenvalue weighted by molar-refractivity contribution is 6.42. The van der Waals surface area contributed by atoms with Crippen molar-refractivity contribution in [3.05, 3.63) is 63.6 Å². The molecule has 1 aliphatic rings. The van der Waals surface area contributed by atoms with Crippen molar-refractivity contribution in [3.8, 4) is 0 Å². The molecule has 1 aliphatic heterocycles. The molecule has 124 valence electrons. The number of halogens is 2. The van der Waals surface area contributed by atoms with Crippen molar-refractivity contribution in [2.24, 2.45) is 0 Å². The third-order valence-electron chi connectivity index (χ3n) is 4.10. The monoisotopic (exact) mass is 363 g/mol. The second kappa shape index (κ2) is 6.93. The molecular weight excluding hydrogens is 347 g/mol. The van der Waals surface area contributed by atoms with Crippen LogP contribution in [0.5, 0.6) is 0 Å². The molecule has 0 spiro atoms. The predicted molar refractivity (Wildman–Crippen MR) is 94.2 cm³/mol. The summed E-state index contributed by atoms with van der Waals surface area (Å²) >= 11 is 11.9. The fraction of sp³-hybridized carbons (Fsp3) is 0.222. The van der Waals surface area contributed by atoms with Crippen molar-refractivity contribution in [3.63, 3.8) is 0 Å². The van der Waals surface area contributed by atoms with Crippen LogP contribution in [0.2, 0.25) is 10.0 Å². The second-order valence-electron chi connectivity index (χ2n) is 5.90. The Labute approximate surface area is 150 Å². The van der Waals surface area contributed by atoms with Crippen molar-refractivity contribution in [2.75, 3.05) is 4.90 Å². The van der Waals surface area contributed by atoms with E-state index in [9.17, 15) is 9.59 Å². The first kappa shape index (κ1) is 17.0. The van der Waals surface area contributed by atoms with E-state index >= 15 is 0 Å². The van der Waals surface area contributed by atoms with E-state index in [2.05, 4.69) is 0 Å². The highest BCUT2D eigenvalue weighted by Crippen LogP contribution is 2.23. The number of aryl methyl sites for hydroxylation is 1. The molecule has 3 rings (SSSR count). The number of amides is 2. The van der Waals surface area contributed by atoms with E-state index in [1.807, 2.05) is 30.4 Å². The van der Waals surface area contributed by atoms with Gasteiger partial charge in [0.1, 0.15) is 6.54 Å². The minimum Gasteiger partial charge on any atom is -0.332 e. The zero-order valence-electron chi connectivity index (χ0n) is 13.1. The summed E-state index contributed by atoms with van der Waals surface area (Å²) in [4.78, 5) is 26.1. The molecule has 0 aliphatic carbocycles. The average molecular weight is 364 g/mol. The number of rotatable bonds is 4. The van der Waals surface area contributed by atoms with Gasteiger partial charge in [-0.05, 0) is 31.2 Å². The minimum absolute atomic E-state index is 0.167. The van der Waals surface area contributed by atoms with Crippen LogP contribution in [0.1, 0.15) is 17.5 Å². The fourth-order valence-electron chi connectivity index (χ4n) is 2.75. The second-order valence-corrected chi connectivity index (χ2v) is 6.72. The zero-order valence-corrected chi connectivity index (χ0v) is 14.6. The Kier molecular flexibility index (Phi) is 4.90. The van der Waals surface area contributed by atoms with Crippen molar-refractivity contribution >= 4 is 40.7 Å². The quantitative estimate of drug-likeness (QED) is 0.849. The number of hydrogen-bond acceptors (Lipinski definition) is 2. The first-order chi connectivity index (χ1) is 11.5. The third kappa shape index (κ3) is 3.46. The first-order valence-corrected chi connectivity index (χ1v) is 8.42. The van der Waals surface area contributed by atoms with Crippen LogP contribution in [-0.4, -0.2) is 17.9 Å². The van der Waals surface area contributed by atoms with Gasteiger partial charge in [-0.1, -0.05) is 47.0 Å². The van der Waals surface area contributed by atoms with Crippen molar-refractivity contribution < 1.29 is 14.9 Å². The van der Waals surface area contributed by atoms with Gasteiger partial charge in [0, 0.05) is 5.56 Å². The van der Waals surface area contributed by atoms with Gasteiger partial charge in [-0.15, -0.1) is 0 Å². The lowest BCUT2D eigenvalue weighted by atomic mass is 10.2. The lowest BCUT2D eigenvalue weighted by Crippen LogP contribution is -2.90. The number of benzene rings is 2. The zero-order chi connectivity index (χ0) is 17.3. The van der Waals surface area contributed by atoms with E-state index in [1.54, 1.807) is 24.3 Å². The van der Waals surface area contributed by atoms with Crippen LogP contribution in [0.25, 0.3) is 0 Å². The molecule has 1 unspecified atom stereocenters. The molecule has 0 aromatic heterocycles. The lowest BCUT2D eigenvalue weighted by Gasteiger charge is -2.14. The number of carbonyl (C=O) groups excluding carboxylic acids is 2. The Bertz CT molecular complexity index is 790. The Morgan fingerprint density at radius 3 is 2.46 bits per heavy atom. The van der Waals surface area contributed by atoms with Crippen molar-refractivity contribution in [2.45, 2.75) is 25.9 Å². The molecule has 6 heteroatoms. The van der Waals surface area contributed by atoms with Gasteiger partial charge in [-0.25, -0.2) is 4.90 Å². The molecular formula is C18H17Cl2N2O2+. The predicted octanol–water partition coefficient (Wildman–Crippen LogP) is 2.70. The molecule has 1 fully saturated rings. The van der Waals surface area contributed by atoms with Crippen LogP contribution >= 0.6 is 23.2 Å². The molecule has 2 aromatic rings. The maximum Gasteiger partial charge on any atom is 0.292 e. The van der Waals surface area contributed by atoms with E-state index in [-0.39, 0.29) is 18.2 Å². The van der Waals surface area contributed by atoms with Gasteiger partial charge in [0.2, 0.25) is 5.91 Å². The third-order valence-corrected chi connectivity index (χ3v) is 4.83. The molecule has 24 heavy (non-hydrogen) atoms. The molecule has 0 bridgehead atoms. The van der Waals surface area contributed by atoms with E-state index in [0.717, 1.165) is 11.1 Å². The number of nitrogens with two attached hydrogens (primary N) is 1. The van der Waals surface area contributed by atoms with Gasteiger partial charge < -0.3 is 5.32 Å². The summed E-state index contributed by atoms with van der Waals surface area (Å²) in [6.45, 7) is 2.52. The van der Waals surface area contributed by atoms with Gasteiger partial charge in [0.05, 0.1) is 22.2 Å². The lowest BCUT2D eigenvalue weighted by molar-refractivity contribution is -0.690. The molecule has 0 radical (unpaired) electrons. The SMILES string of the molecule is Cc1ccc(N2C(=O)CC([NH2+]Cc3ccc(Cl)c(Cl)c3)C2=O)cc1. The Hall–Kier alpha value is -1.88. The Morgan fingerprint density at radius 1 is 1.08 bits per heavy atom. The summed E-state index contributed by atoms with van der Waals surface area (Å²) in [5.74, 6) is -0.344. The molecule has 2 N–H and O–H groups in total. The molecule has 1 saturated heterocycles. The Morgan fingerprint density at radius 2 is 1.79 bits per heavy atom. The molecule has 2 aromatic carbocycles. The summed E-state index contributed by atoms with van der Waals surface area (Å²) in [6, 6.07) is 12.3. The summed E-state index contributed by atoms with van der Waals surface area (Å²) in [5.41, 5.74) is 2.67. The number of imide groups is 1. The largest absolute Gasteiger partial charge is 0.332 e. The maximum atomic E-state index is 12.6. The minimum atomic E-state index is -0.409. The maximum absolute atomic E-state index is 12.6. The van der Waals surface area contributed by atoms with E-state index in [0.29, 0.717) is 22.3 Å². The van der Waals surface area contributed by atoms with Gasteiger partial charge in [0.25, 0.3) is 5.91 Å². The number of carbonyl (C=O) groups is 2. The van der Waals surface area contributed by atoms with Crippen LogP contribution in [0.15, 0.2) is 42.5 Å². The van der Waals surface area contributed by atoms with Crippen LogP contribution in [0.3, 0.4) is 0 Å². The van der Waals surface area contributed by atoms with Gasteiger partial charge in [-0.3, -0.25) is 9.59 Å². The van der Waals surface area contributed by atoms with E-state index in [4.69, 9.17) is 23.2 Å². The standard InChI is InChI=1S/C18H16Cl2N2O2/c1-11-2-5-13(6-3-11)22-17(23)9-16(18(22)24)21-10-12-4-7-14(19)15(20)8-12/h2-8,16,21H,9-10H2,1H3/p+1. The number of hydrogen-bond donors (Lipinski definition) is 1. The van der Waals surface area contributed by atoms with Crippen LogP contribution in [0.4, 0.5) is 5.69 Å².